The average Bonchev–Trinajstić information content (AvgIpc) is 2.74. The van der Waals surface area contributed by atoms with Gasteiger partial charge in [-0.1, -0.05) is 0 Å². The number of thioether (sulfide) groups is 1. The maximum absolute atomic E-state index is 5.91. The van der Waals surface area contributed by atoms with E-state index < -0.39 is 0 Å². The van der Waals surface area contributed by atoms with E-state index in [1.54, 1.807) is 0 Å². The number of hydrogen-bond donors (Lipinski definition) is 1. The molecular formula is C9H13N3S. The predicted molar refractivity (Wildman–Crippen MR) is 55.0 cm³/mol. The highest BCUT2D eigenvalue weighted by Gasteiger charge is 2.30. The average molecular weight is 195 g/mol. The van der Waals surface area contributed by atoms with Gasteiger partial charge < -0.3 is 5.73 Å². The van der Waals surface area contributed by atoms with Gasteiger partial charge in [0, 0.05) is 23.6 Å². The first-order valence-electron chi connectivity index (χ1n) is 4.77. The molecule has 70 valence electrons. The minimum Gasteiger partial charge on any atom is -0.396 e. The van der Waals surface area contributed by atoms with Crippen molar-refractivity contribution in [3.8, 4) is 0 Å². The molecule has 0 atom stereocenters. The van der Waals surface area contributed by atoms with Crippen LogP contribution >= 0.6 is 11.8 Å². The van der Waals surface area contributed by atoms with Crippen LogP contribution in [0.1, 0.15) is 30.5 Å². The van der Waals surface area contributed by atoms with Gasteiger partial charge in [-0.15, -0.1) is 0 Å². The number of nitrogen functional groups attached to an aromatic ring is 1. The number of nitrogens with two attached hydrogens (primary N) is 1. The van der Waals surface area contributed by atoms with E-state index >= 15 is 0 Å². The fourth-order valence-electron chi connectivity index (χ4n) is 1.66. The molecule has 0 amide bonds. The summed E-state index contributed by atoms with van der Waals surface area (Å²) in [6, 6.07) is 0.611. The van der Waals surface area contributed by atoms with Crippen LogP contribution in [0.4, 0.5) is 5.69 Å². The molecule has 0 spiro atoms. The van der Waals surface area contributed by atoms with Gasteiger partial charge in [0.25, 0.3) is 0 Å². The molecule has 1 saturated heterocycles. The van der Waals surface area contributed by atoms with Crippen molar-refractivity contribution in [2.75, 3.05) is 17.2 Å². The molecule has 0 unspecified atom stereocenters. The van der Waals surface area contributed by atoms with Crippen LogP contribution in [-0.4, -0.2) is 21.3 Å². The first-order chi connectivity index (χ1) is 6.34. The Morgan fingerprint density at radius 3 is 2.77 bits per heavy atom. The molecule has 1 aromatic rings. The van der Waals surface area contributed by atoms with E-state index in [-0.39, 0.29) is 0 Å². The summed E-state index contributed by atoms with van der Waals surface area (Å²) in [5.41, 5.74) is 7.96. The zero-order chi connectivity index (χ0) is 8.84. The molecule has 1 aliphatic carbocycles. The number of hydrogen-bond acceptors (Lipinski definition) is 3. The van der Waals surface area contributed by atoms with Gasteiger partial charge >= 0.3 is 0 Å². The standard InChI is InChI=1S/C9H13N3S/c10-8-3-12(7-4-13-5-7)11-9(8)6-1-2-6/h3,6-7H,1-2,4-5,10H2. The highest BCUT2D eigenvalue weighted by molar-refractivity contribution is 8.00. The van der Waals surface area contributed by atoms with Crippen LogP contribution in [0.5, 0.6) is 0 Å². The molecule has 3 nitrogen and oxygen atoms in total. The predicted octanol–water partition coefficient (Wildman–Crippen LogP) is 1.63. The van der Waals surface area contributed by atoms with E-state index in [2.05, 4.69) is 9.78 Å². The Morgan fingerprint density at radius 2 is 2.23 bits per heavy atom. The summed E-state index contributed by atoms with van der Waals surface area (Å²) in [5, 5.41) is 4.57. The second-order valence-corrected chi connectivity index (χ2v) is 4.99. The van der Waals surface area contributed by atoms with Gasteiger partial charge in [-0.2, -0.15) is 16.9 Å². The Morgan fingerprint density at radius 1 is 1.46 bits per heavy atom. The zero-order valence-electron chi connectivity index (χ0n) is 7.44. The molecule has 13 heavy (non-hydrogen) atoms. The molecule has 0 aromatic carbocycles. The molecule has 2 fully saturated rings. The first kappa shape index (κ1) is 7.74. The van der Waals surface area contributed by atoms with Crippen LogP contribution in [0.3, 0.4) is 0 Å². The highest BCUT2D eigenvalue weighted by atomic mass is 32.2. The minimum atomic E-state index is 0.611. The van der Waals surface area contributed by atoms with Gasteiger partial charge in [0.05, 0.1) is 17.4 Å². The van der Waals surface area contributed by atoms with Gasteiger partial charge in [-0.05, 0) is 12.8 Å². The van der Waals surface area contributed by atoms with E-state index in [1.165, 1.54) is 24.3 Å². The van der Waals surface area contributed by atoms with Crippen molar-refractivity contribution in [1.29, 1.82) is 0 Å². The second-order valence-electron chi connectivity index (χ2n) is 3.92. The lowest BCUT2D eigenvalue weighted by Gasteiger charge is -2.24. The highest BCUT2D eigenvalue weighted by Crippen LogP contribution is 2.42. The van der Waals surface area contributed by atoms with E-state index in [0.717, 1.165) is 11.4 Å². The van der Waals surface area contributed by atoms with E-state index in [1.807, 2.05) is 18.0 Å². The maximum Gasteiger partial charge on any atom is 0.0884 e. The molecule has 4 heteroatoms. The third kappa shape index (κ3) is 1.24. The third-order valence-corrected chi connectivity index (χ3v) is 3.99. The largest absolute Gasteiger partial charge is 0.396 e. The molecule has 0 radical (unpaired) electrons. The quantitative estimate of drug-likeness (QED) is 0.780. The van der Waals surface area contributed by atoms with Crippen LogP contribution in [0.25, 0.3) is 0 Å². The fourth-order valence-corrected chi connectivity index (χ4v) is 2.41. The van der Waals surface area contributed by atoms with Gasteiger partial charge in [0.15, 0.2) is 0 Å². The summed E-state index contributed by atoms with van der Waals surface area (Å²) in [6.45, 7) is 0. The SMILES string of the molecule is Nc1cn(C2CSC2)nc1C1CC1. The van der Waals surface area contributed by atoms with Crippen LogP contribution < -0.4 is 5.73 Å². The molecule has 2 N–H and O–H groups in total. The molecule has 2 aliphatic rings. The smallest absolute Gasteiger partial charge is 0.0884 e. The lowest BCUT2D eigenvalue weighted by molar-refractivity contribution is 0.521. The number of nitrogens with zero attached hydrogens (tertiary/aromatic N) is 2. The van der Waals surface area contributed by atoms with Crippen molar-refractivity contribution < 1.29 is 0 Å². The summed E-state index contributed by atoms with van der Waals surface area (Å²) in [5.74, 6) is 3.07. The van der Waals surface area contributed by atoms with Crippen LogP contribution in [-0.2, 0) is 0 Å². The van der Waals surface area contributed by atoms with Crippen LogP contribution in [0.15, 0.2) is 6.20 Å². The second kappa shape index (κ2) is 2.67. The number of rotatable bonds is 2. The van der Waals surface area contributed by atoms with Crippen molar-refractivity contribution in [2.45, 2.75) is 24.8 Å². The van der Waals surface area contributed by atoms with Gasteiger partial charge in [-0.25, -0.2) is 0 Å². The molecular weight excluding hydrogens is 182 g/mol. The third-order valence-electron chi connectivity index (χ3n) is 2.75. The lowest BCUT2D eigenvalue weighted by atomic mass is 10.3. The van der Waals surface area contributed by atoms with Crippen molar-refractivity contribution in [3.05, 3.63) is 11.9 Å². The topological polar surface area (TPSA) is 43.8 Å². The molecule has 2 heterocycles. The van der Waals surface area contributed by atoms with E-state index in [9.17, 15) is 0 Å². The molecule has 1 aromatic heterocycles. The Hall–Kier alpha value is -0.640. The van der Waals surface area contributed by atoms with Gasteiger partial charge in [-0.3, -0.25) is 4.68 Å². The summed E-state index contributed by atoms with van der Waals surface area (Å²) in [4.78, 5) is 0. The summed E-state index contributed by atoms with van der Waals surface area (Å²) in [6.07, 6.45) is 4.57. The van der Waals surface area contributed by atoms with Crippen molar-refractivity contribution in [1.82, 2.24) is 9.78 Å². The summed E-state index contributed by atoms with van der Waals surface area (Å²) >= 11 is 1.98. The van der Waals surface area contributed by atoms with Crippen molar-refractivity contribution >= 4 is 17.4 Å². The number of aromatic nitrogens is 2. The molecule has 1 aliphatic heterocycles. The first-order valence-corrected chi connectivity index (χ1v) is 5.92. The molecule has 3 rings (SSSR count). The van der Waals surface area contributed by atoms with Gasteiger partial charge in [0.2, 0.25) is 0 Å². The normalized spacial score (nSPS) is 23.1. The Bertz CT molecular complexity index is 326. The van der Waals surface area contributed by atoms with Crippen LogP contribution in [0.2, 0.25) is 0 Å². The van der Waals surface area contributed by atoms with Crippen molar-refractivity contribution in [2.24, 2.45) is 0 Å². The minimum absolute atomic E-state index is 0.611. The zero-order valence-corrected chi connectivity index (χ0v) is 8.26. The maximum atomic E-state index is 5.91. The summed E-state index contributed by atoms with van der Waals surface area (Å²) in [7, 11) is 0. The van der Waals surface area contributed by atoms with E-state index in [4.69, 9.17) is 5.73 Å². The van der Waals surface area contributed by atoms with Crippen LogP contribution in [0, 0.1) is 0 Å². The molecule has 0 bridgehead atoms. The molecule has 1 saturated carbocycles. The fraction of sp³-hybridized carbons (Fsp3) is 0.667. The Balaban J connectivity index is 1.89. The van der Waals surface area contributed by atoms with Crippen molar-refractivity contribution in [3.63, 3.8) is 0 Å². The van der Waals surface area contributed by atoms with E-state index in [0.29, 0.717) is 12.0 Å². The Kier molecular flexibility index (Phi) is 1.59. The Labute approximate surface area is 81.7 Å². The number of anilines is 1. The van der Waals surface area contributed by atoms with Gasteiger partial charge in [0.1, 0.15) is 0 Å². The lowest BCUT2D eigenvalue weighted by Crippen LogP contribution is -2.23. The monoisotopic (exact) mass is 195 g/mol. The summed E-state index contributed by atoms with van der Waals surface area (Å²) < 4.78 is 2.07.